The first-order valence-corrected chi connectivity index (χ1v) is 7.99. The molecule has 0 unspecified atom stereocenters. The number of rotatable bonds is 10. The summed E-state index contributed by atoms with van der Waals surface area (Å²) in [7, 11) is 0. The number of aromatic nitrogens is 2. The Labute approximate surface area is 128 Å². The first-order chi connectivity index (χ1) is 10.0. The lowest BCUT2D eigenvalue weighted by Crippen LogP contribution is -2.34. The van der Waals surface area contributed by atoms with E-state index in [4.69, 9.17) is 4.74 Å². The van der Waals surface area contributed by atoms with E-state index in [1.165, 1.54) is 5.56 Å². The van der Waals surface area contributed by atoms with Crippen LogP contribution in [0, 0.1) is 0 Å². The largest absolute Gasteiger partial charge is 0.374 e. The maximum atomic E-state index is 5.72. The fourth-order valence-electron chi connectivity index (χ4n) is 2.19. The lowest BCUT2D eigenvalue weighted by Gasteiger charge is -2.26. The number of hydrogen-bond acceptors (Lipinski definition) is 5. The molecular weight excluding hydrogens is 264 g/mol. The second-order valence-electron chi connectivity index (χ2n) is 5.77. The third-order valence-corrected chi connectivity index (χ3v) is 3.20. The minimum Gasteiger partial charge on any atom is -0.374 e. The van der Waals surface area contributed by atoms with Crippen LogP contribution in [0.25, 0.3) is 0 Å². The van der Waals surface area contributed by atoms with Crippen molar-refractivity contribution in [3.8, 4) is 0 Å². The topological polar surface area (TPSA) is 59.1 Å². The predicted molar refractivity (Wildman–Crippen MR) is 89.0 cm³/mol. The molecule has 0 fully saturated rings. The highest BCUT2D eigenvalue weighted by molar-refractivity contribution is 5.57. The van der Waals surface area contributed by atoms with Crippen molar-refractivity contribution < 1.29 is 4.74 Å². The van der Waals surface area contributed by atoms with E-state index < -0.39 is 0 Å². The molecule has 1 aromatic heterocycles. The zero-order valence-electron chi connectivity index (χ0n) is 14.1. The molecule has 0 amide bonds. The van der Waals surface area contributed by atoms with Crippen LogP contribution in [0.5, 0.6) is 0 Å². The highest BCUT2D eigenvalue weighted by Crippen LogP contribution is 2.22. The Morgan fingerprint density at radius 3 is 2.29 bits per heavy atom. The van der Waals surface area contributed by atoms with Crippen molar-refractivity contribution in [3.05, 3.63) is 11.9 Å². The van der Waals surface area contributed by atoms with E-state index in [1.54, 1.807) is 6.33 Å². The first-order valence-electron chi connectivity index (χ1n) is 7.99. The third kappa shape index (κ3) is 5.87. The molecule has 0 saturated heterocycles. The Bertz CT molecular complexity index is 421. The molecule has 1 rings (SSSR count). The molecule has 0 aliphatic carbocycles. The van der Waals surface area contributed by atoms with Gasteiger partial charge in [-0.05, 0) is 33.6 Å². The second kappa shape index (κ2) is 8.82. The summed E-state index contributed by atoms with van der Waals surface area (Å²) in [6.45, 7) is 12.9. The Balaban J connectivity index is 2.84. The van der Waals surface area contributed by atoms with Crippen molar-refractivity contribution >= 4 is 11.6 Å². The molecule has 5 heteroatoms. The Morgan fingerprint density at radius 2 is 1.71 bits per heavy atom. The lowest BCUT2D eigenvalue weighted by molar-refractivity contribution is 0.000631. The van der Waals surface area contributed by atoms with Gasteiger partial charge in [0.25, 0.3) is 0 Å². The Kier molecular flexibility index (Phi) is 7.43. The molecule has 120 valence electrons. The molecule has 0 aliphatic heterocycles. The van der Waals surface area contributed by atoms with Crippen molar-refractivity contribution in [3.63, 3.8) is 0 Å². The van der Waals surface area contributed by atoms with Gasteiger partial charge >= 0.3 is 0 Å². The average Bonchev–Trinajstić information content (AvgIpc) is 2.45. The van der Waals surface area contributed by atoms with Gasteiger partial charge in [0.2, 0.25) is 0 Å². The van der Waals surface area contributed by atoms with Gasteiger partial charge in [-0.25, -0.2) is 9.97 Å². The van der Waals surface area contributed by atoms with Gasteiger partial charge < -0.3 is 15.4 Å². The summed E-state index contributed by atoms with van der Waals surface area (Å²) >= 11 is 0. The minimum absolute atomic E-state index is 0.208. The van der Waals surface area contributed by atoms with E-state index in [0.29, 0.717) is 6.61 Å². The average molecular weight is 294 g/mol. The van der Waals surface area contributed by atoms with Crippen LogP contribution in [0.1, 0.15) is 53.0 Å². The van der Waals surface area contributed by atoms with Crippen molar-refractivity contribution in [2.45, 2.75) is 59.5 Å². The van der Waals surface area contributed by atoms with Gasteiger partial charge in [0.1, 0.15) is 18.0 Å². The van der Waals surface area contributed by atoms with Crippen molar-refractivity contribution in [2.24, 2.45) is 0 Å². The SMILES string of the molecule is CCCNc1ncnc(NCC(C)(C)OCC)c1CCC. The normalized spacial score (nSPS) is 11.5. The quantitative estimate of drug-likeness (QED) is 0.692. The highest BCUT2D eigenvalue weighted by atomic mass is 16.5. The number of ether oxygens (including phenoxy) is 1. The van der Waals surface area contributed by atoms with E-state index in [1.807, 2.05) is 6.92 Å². The number of nitrogens with zero attached hydrogens (tertiary/aromatic N) is 2. The van der Waals surface area contributed by atoms with E-state index in [2.05, 4.69) is 48.3 Å². The molecule has 0 aromatic carbocycles. The number of hydrogen-bond donors (Lipinski definition) is 2. The Morgan fingerprint density at radius 1 is 1.05 bits per heavy atom. The van der Waals surface area contributed by atoms with Gasteiger partial charge in [-0.3, -0.25) is 0 Å². The molecule has 1 aromatic rings. The fraction of sp³-hybridized carbons (Fsp3) is 0.750. The predicted octanol–water partition coefficient (Wildman–Crippen LogP) is 3.48. The summed E-state index contributed by atoms with van der Waals surface area (Å²) < 4.78 is 5.72. The molecule has 0 radical (unpaired) electrons. The van der Waals surface area contributed by atoms with E-state index in [-0.39, 0.29) is 5.60 Å². The van der Waals surface area contributed by atoms with Crippen LogP contribution in [0.4, 0.5) is 11.6 Å². The molecule has 0 atom stereocenters. The lowest BCUT2D eigenvalue weighted by atomic mass is 10.1. The zero-order chi connectivity index (χ0) is 15.7. The van der Waals surface area contributed by atoms with Crippen molar-refractivity contribution in [1.82, 2.24) is 9.97 Å². The van der Waals surface area contributed by atoms with Gasteiger partial charge in [0.05, 0.1) is 5.60 Å². The monoisotopic (exact) mass is 294 g/mol. The summed E-state index contributed by atoms with van der Waals surface area (Å²) in [6.07, 6.45) is 4.73. The van der Waals surface area contributed by atoms with Crippen LogP contribution in [0.2, 0.25) is 0 Å². The molecule has 5 nitrogen and oxygen atoms in total. The zero-order valence-corrected chi connectivity index (χ0v) is 14.1. The maximum absolute atomic E-state index is 5.72. The van der Waals surface area contributed by atoms with Crippen LogP contribution >= 0.6 is 0 Å². The van der Waals surface area contributed by atoms with Gasteiger partial charge in [-0.15, -0.1) is 0 Å². The molecule has 21 heavy (non-hydrogen) atoms. The molecule has 0 spiro atoms. The van der Waals surface area contributed by atoms with Crippen LogP contribution in [0.15, 0.2) is 6.33 Å². The molecular formula is C16H30N4O. The minimum atomic E-state index is -0.208. The molecule has 0 aliphatic rings. The van der Waals surface area contributed by atoms with Crippen LogP contribution in [-0.4, -0.2) is 35.3 Å². The van der Waals surface area contributed by atoms with E-state index in [0.717, 1.165) is 44.0 Å². The van der Waals surface area contributed by atoms with E-state index >= 15 is 0 Å². The fourth-order valence-corrected chi connectivity index (χ4v) is 2.19. The standard InChI is InChI=1S/C16H30N4O/c1-6-9-13-14(17-10-7-2)19-12-20-15(13)18-11-16(4,5)21-8-3/h12H,6-11H2,1-5H3,(H2,17,18,19,20). The van der Waals surface area contributed by atoms with Gasteiger partial charge in [-0.1, -0.05) is 20.3 Å². The molecule has 0 saturated carbocycles. The maximum Gasteiger partial charge on any atom is 0.134 e. The summed E-state index contributed by atoms with van der Waals surface area (Å²) in [5.41, 5.74) is 0.959. The molecule has 2 N–H and O–H groups in total. The smallest absolute Gasteiger partial charge is 0.134 e. The van der Waals surface area contributed by atoms with Crippen LogP contribution in [0.3, 0.4) is 0 Å². The summed E-state index contributed by atoms with van der Waals surface area (Å²) in [5, 5.41) is 6.81. The number of nitrogens with one attached hydrogen (secondary N) is 2. The van der Waals surface area contributed by atoms with E-state index in [9.17, 15) is 0 Å². The van der Waals surface area contributed by atoms with Crippen molar-refractivity contribution in [1.29, 1.82) is 0 Å². The molecule has 0 bridgehead atoms. The summed E-state index contributed by atoms with van der Waals surface area (Å²) in [4.78, 5) is 8.79. The van der Waals surface area contributed by atoms with Gasteiger partial charge in [0, 0.05) is 25.3 Å². The van der Waals surface area contributed by atoms with Crippen molar-refractivity contribution in [2.75, 3.05) is 30.3 Å². The number of anilines is 2. The second-order valence-corrected chi connectivity index (χ2v) is 5.77. The Hall–Kier alpha value is -1.36. The van der Waals surface area contributed by atoms with Gasteiger partial charge in [0.15, 0.2) is 0 Å². The summed E-state index contributed by atoms with van der Waals surface area (Å²) in [6, 6.07) is 0. The molecule has 1 heterocycles. The van der Waals surface area contributed by atoms with Crippen LogP contribution < -0.4 is 10.6 Å². The van der Waals surface area contributed by atoms with Gasteiger partial charge in [-0.2, -0.15) is 0 Å². The highest BCUT2D eigenvalue weighted by Gasteiger charge is 2.19. The first kappa shape index (κ1) is 17.7. The van der Waals surface area contributed by atoms with Crippen LogP contribution in [-0.2, 0) is 11.2 Å². The summed E-state index contributed by atoms with van der Waals surface area (Å²) in [5.74, 6) is 1.86. The third-order valence-electron chi connectivity index (χ3n) is 3.20.